The van der Waals surface area contributed by atoms with Gasteiger partial charge in [0.25, 0.3) is 0 Å². The molecule has 0 aromatic heterocycles. The molecule has 2 nitrogen and oxygen atoms in total. The van der Waals surface area contributed by atoms with Crippen molar-refractivity contribution in [2.45, 2.75) is 65.7 Å². The van der Waals surface area contributed by atoms with Crippen LogP contribution in [-0.2, 0) is 4.79 Å². The van der Waals surface area contributed by atoms with E-state index in [1.807, 2.05) is 0 Å². The maximum absolute atomic E-state index is 10.4. The molecule has 0 saturated heterocycles. The van der Waals surface area contributed by atoms with Crippen molar-refractivity contribution in [3.63, 3.8) is 0 Å². The smallest absolute Gasteiger partial charge is 0.303 e. The van der Waals surface area contributed by atoms with Gasteiger partial charge < -0.3 is 5.11 Å². The molecule has 0 amide bonds. The Bertz CT molecular complexity index is 347. The van der Waals surface area contributed by atoms with Gasteiger partial charge in [-0.15, -0.1) is 0 Å². The topological polar surface area (TPSA) is 37.3 Å². The largest absolute Gasteiger partial charge is 0.481 e. The number of carbonyl (C=O) groups is 1. The Morgan fingerprint density at radius 3 is 2.52 bits per heavy atom. The third-order valence-corrected chi connectivity index (χ3v) is 5.37. The molecule has 0 aromatic rings. The molecule has 1 N–H and O–H groups in total. The Morgan fingerprint density at radius 1 is 1.33 bits per heavy atom. The van der Waals surface area contributed by atoms with Crippen LogP contribution < -0.4 is 0 Å². The van der Waals surface area contributed by atoms with Crippen molar-refractivity contribution in [3.8, 4) is 0 Å². The summed E-state index contributed by atoms with van der Waals surface area (Å²) in [7, 11) is 0. The molecule has 3 fully saturated rings. The summed E-state index contributed by atoms with van der Waals surface area (Å²) in [5.74, 6) is 2.11. The lowest BCUT2D eigenvalue weighted by atomic mass is 9.45. The van der Waals surface area contributed by atoms with Gasteiger partial charge in [0, 0.05) is 6.42 Å². The van der Waals surface area contributed by atoms with Crippen molar-refractivity contribution in [2.75, 3.05) is 6.67 Å². The number of alkyl halides is 1. The minimum atomic E-state index is -0.682. The first kappa shape index (κ1) is 18.2. The van der Waals surface area contributed by atoms with Crippen LogP contribution in [0.3, 0.4) is 0 Å². The first-order valence-corrected chi connectivity index (χ1v) is 8.36. The van der Waals surface area contributed by atoms with Gasteiger partial charge in [0.05, 0.1) is 6.67 Å². The van der Waals surface area contributed by atoms with E-state index in [9.17, 15) is 9.18 Å². The van der Waals surface area contributed by atoms with E-state index in [1.54, 1.807) is 0 Å². The second-order valence-electron chi connectivity index (χ2n) is 6.96. The van der Waals surface area contributed by atoms with Crippen LogP contribution in [0.1, 0.15) is 65.7 Å². The number of aliphatic carboxylic acids is 1. The van der Waals surface area contributed by atoms with E-state index < -0.39 is 5.97 Å². The van der Waals surface area contributed by atoms with Crippen LogP contribution in [0.4, 0.5) is 4.39 Å². The summed E-state index contributed by atoms with van der Waals surface area (Å²) in [6.45, 7) is 6.09. The van der Waals surface area contributed by atoms with Crippen molar-refractivity contribution in [1.82, 2.24) is 0 Å². The molecular weight excluding hydrogens is 267 g/mol. The standard InChI is InChI=1S/C16H26O2.C2H5F/c1-16(2)13-10-9-12(14(16)11-13)7-5-3-4-6-8-15(17)18;1-2-3/h3,5,12-14H,4,6-11H2,1-2H3,(H,17,18);2H2,1H3/b5-3-;. The van der Waals surface area contributed by atoms with Crippen molar-refractivity contribution in [3.05, 3.63) is 12.2 Å². The molecule has 3 aliphatic rings. The molecule has 3 aliphatic carbocycles. The minimum Gasteiger partial charge on any atom is -0.481 e. The van der Waals surface area contributed by atoms with Crippen LogP contribution in [0.25, 0.3) is 0 Å². The molecule has 0 heterocycles. The lowest BCUT2D eigenvalue weighted by Crippen LogP contribution is -2.52. The van der Waals surface area contributed by atoms with E-state index in [2.05, 4.69) is 26.0 Å². The van der Waals surface area contributed by atoms with Crippen LogP contribution in [0.15, 0.2) is 12.2 Å². The maximum atomic E-state index is 10.4. The molecule has 0 aliphatic heterocycles. The maximum Gasteiger partial charge on any atom is 0.303 e. The summed E-state index contributed by atoms with van der Waals surface area (Å²) in [6, 6.07) is 0. The van der Waals surface area contributed by atoms with Gasteiger partial charge in [-0.25, -0.2) is 0 Å². The molecule has 3 unspecified atom stereocenters. The van der Waals surface area contributed by atoms with Crippen molar-refractivity contribution in [2.24, 2.45) is 23.2 Å². The van der Waals surface area contributed by atoms with Crippen LogP contribution in [0, 0.1) is 23.2 Å². The van der Waals surface area contributed by atoms with E-state index in [1.165, 1.54) is 32.6 Å². The highest BCUT2D eigenvalue weighted by Gasteiger charge is 2.53. The molecule has 0 spiro atoms. The zero-order valence-corrected chi connectivity index (χ0v) is 13.8. The minimum absolute atomic E-state index is 0.250. The van der Waals surface area contributed by atoms with E-state index in [0.717, 1.165) is 30.6 Å². The Morgan fingerprint density at radius 2 is 2.00 bits per heavy atom. The molecular formula is C18H31FO2. The Kier molecular flexibility index (Phi) is 7.41. The summed E-state index contributed by atoms with van der Waals surface area (Å²) in [5, 5.41) is 8.55. The van der Waals surface area contributed by atoms with Gasteiger partial charge in [-0.2, -0.15) is 0 Å². The lowest BCUT2D eigenvalue weighted by molar-refractivity contribution is -0.137. The van der Waals surface area contributed by atoms with E-state index >= 15 is 0 Å². The zero-order chi connectivity index (χ0) is 15.9. The van der Waals surface area contributed by atoms with Crippen LogP contribution >= 0.6 is 0 Å². The molecule has 3 atom stereocenters. The predicted octanol–water partition coefficient (Wildman–Crippen LogP) is 5.24. The van der Waals surface area contributed by atoms with E-state index in [4.69, 9.17) is 5.11 Å². The average Bonchev–Trinajstić information content (AvgIpc) is 2.43. The first-order valence-electron chi connectivity index (χ1n) is 8.36. The Balaban J connectivity index is 0.000000677. The third-order valence-electron chi connectivity index (χ3n) is 5.37. The molecule has 0 radical (unpaired) electrons. The highest BCUT2D eigenvalue weighted by Crippen LogP contribution is 2.62. The highest BCUT2D eigenvalue weighted by molar-refractivity contribution is 5.66. The second kappa shape index (κ2) is 8.55. The predicted molar refractivity (Wildman–Crippen MR) is 85.0 cm³/mol. The van der Waals surface area contributed by atoms with Crippen LogP contribution in [-0.4, -0.2) is 17.8 Å². The molecule has 3 saturated carbocycles. The van der Waals surface area contributed by atoms with Gasteiger partial charge in [-0.05, 0) is 68.6 Å². The Hall–Kier alpha value is -0.860. The van der Waals surface area contributed by atoms with Gasteiger partial charge in [-0.1, -0.05) is 26.0 Å². The summed E-state index contributed by atoms with van der Waals surface area (Å²) >= 11 is 0. The summed E-state index contributed by atoms with van der Waals surface area (Å²) in [4.78, 5) is 10.4. The van der Waals surface area contributed by atoms with Gasteiger partial charge in [0.15, 0.2) is 0 Å². The number of unbranched alkanes of at least 4 members (excludes halogenated alkanes) is 1. The normalized spacial score (nSPS) is 29.4. The lowest BCUT2D eigenvalue weighted by Gasteiger charge is -2.60. The highest BCUT2D eigenvalue weighted by atomic mass is 19.1. The monoisotopic (exact) mass is 298 g/mol. The van der Waals surface area contributed by atoms with E-state index in [-0.39, 0.29) is 6.67 Å². The van der Waals surface area contributed by atoms with Crippen LogP contribution in [0.5, 0.6) is 0 Å². The quantitative estimate of drug-likeness (QED) is 0.538. The zero-order valence-electron chi connectivity index (χ0n) is 13.8. The van der Waals surface area contributed by atoms with Gasteiger partial charge in [0.1, 0.15) is 0 Å². The number of hydrogen-bond donors (Lipinski definition) is 1. The van der Waals surface area contributed by atoms with E-state index in [0.29, 0.717) is 11.8 Å². The number of carboxylic acids is 1. The fourth-order valence-electron chi connectivity index (χ4n) is 4.00. The van der Waals surface area contributed by atoms with Gasteiger partial charge in [-0.3, -0.25) is 9.18 Å². The Labute approximate surface area is 128 Å². The number of rotatable bonds is 6. The molecule has 3 rings (SSSR count). The summed E-state index contributed by atoms with van der Waals surface area (Å²) in [5.41, 5.74) is 0.583. The third kappa shape index (κ3) is 5.12. The summed E-state index contributed by atoms with van der Waals surface area (Å²) < 4.78 is 10.3. The second-order valence-corrected chi connectivity index (χ2v) is 6.96. The van der Waals surface area contributed by atoms with Gasteiger partial charge in [0.2, 0.25) is 0 Å². The molecule has 2 bridgehead atoms. The van der Waals surface area contributed by atoms with Crippen molar-refractivity contribution in [1.29, 1.82) is 0 Å². The first-order chi connectivity index (χ1) is 9.93. The number of fused-ring (bicyclic) bond motifs is 2. The van der Waals surface area contributed by atoms with Crippen LogP contribution in [0.2, 0.25) is 0 Å². The molecule has 122 valence electrons. The van der Waals surface area contributed by atoms with Crippen molar-refractivity contribution >= 4 is 5.97 Å². The average molecular weight is 298 g/mol. The van der Waals surface area contributed by atoms with Crippen molar-refractivity contribution < 1.29 is 14.3 Å². The van der Waals surface area contributed by atoms with Gasteiger partial charge >= 0.3 is 5.97 Å². The fraction of sp³-hybridized carbons (Fsp3) is 0.833. The number of allylic oxidation sites excluding steroid dienone is 2. The number of carboxylic acid groups (broad SMARTS) is 1. The fourth-order valence-corrected chi connectivity index (χ4v) is 4.00. The molecule has 21 heavy (non-hydrogen) atoms. The number of halogens is 1. The SMILES string of the molecule is CC1(C)C2CCC(C/C=C\CCCC(=O)O)C1C2.CCF. The molecule has 3 heteroatoms. The summed E-state index contributed by atoms with van der Waals surface area (Å²) in [6.07, 6.45) is 11.9. The number of hydrogen-bond acceptors (Lipinski definition) is 1. The molecule has 0 aromatic carbocycles.